The molecule has 5 heteroatoms. The molecule has 1 atom stereocenters. The van der Waals surface area contributed by atoms with Crippen molar-refractivity contribution in [3.05, 3.63) is 22.9 Å². The quantitative estimate of drug-likeness (QED) is 0.823. The first-order valence-electron chi connectivity index (χ1n) is 6.33. The molecule has 1 spiro atoms. The van der Waals surface area contributed by atoms with Gasteiger partial charge in [-0.2, -0.15) is 0 Å². The lowest BCUT2D eigenvalue weighted by Gasteiger charge is -2.23. The van der Waals surface area contributed by atoms with Crippen LogP contribution in [-0.4, -0.2) is 24.0 Å². The predicted molar refractivity (Wildman–Crippen MR) is 73.2 cm³/mol. The second kappa shape index (κ2) is 4.63. The molecule has 2 N–H and O–H groups in total. The van der Waals surface area contributed by atoms with E-state index in [-0.39, 0.29) is 17.2 Å². The number of anilines is 1. The van der Waals surface area contributed by atoms with Crippen molar-refractivity contribution in [2.24, 2.45) is 11.3 Å². The number of carbonyl (C=O) groups is 1. The third-order valence-electron chi connectivity index (χ3n) is 4.12. The molecule has 1 amide bonds. The van der Waals surface area contributed by atoms with E-state index in [2.05, 4.69) is 31.5 Å². The molecule has 1 aliphatic carbocycles. The Hall–Kier alpha value is -0.940. The number of carbonyl (C=O) groups excluding carboxylic acids is 1. The number of aromatic nitrogens is 1. The average Bonchev–Trinajstić information content (AvgIpc) is 3.07. The van der Waals surface area contributed by atoms with Gasteiger partial charge in [0.25, 0.3) is 0 Å². The van der Waals surface area contributed by atoms with Crippen molar-refractivity contribution >= 4 is 27.5 Å². The van der Waals surface area contributed by atoms with Crippen molar-refractivity contribution in [1.82, 2.24) is 10.3 Å². The summed E-state index contributed by atoms with van der Waals surface area (Å²) < 4.78 is 0.693. The summed E-state index contributed by atoms with van der Waals surface area (Å²) in [5.74, 6) is 0.331. The second-order valence-electron chi connectivity index (χ2n) is 5.20. The number of rotatable bonds is 2. The van der Waals surface area contributed by atoms with Gasteiger partial charge in [0.2, 0.25) is 5.91 Å². The van der Waals surface area contributed by atoms with Crippen LogP contribution in [0.2, 0.25) is 0 Å². The van der Waals surface area contributed by atoms with Gasteiger partial charge >= 0.3 is 0 Å². The van der Waals surface area contributed by atoms with E-state index in [1.165, 1.54) is 0 Å². The maximum absolute atomic E-state index is 12.2. The topological polar surface area (TPSA) is 54.0 Å². The molecular weight excluding hydrogens is 294 g/mol. The summed E-state index contributed by atoms with van der Waals surface area (Å²) in [5.41, 5.74) is 1.04. The number of hydrogen-bond acceptors (Lipinski definition) is 3. The average molecular weight is 310 g/mol. The number of nitrogens with one attached hydrogen (secondary N) is 2. The Balaban J connectivity index is 1.65. The van der Waals surface area contributed by atoms with Crippen molar-refractivity contribution in [1.29, 1.82) is 0 Å². The molecule has 18 heavy (non-hydrogen) atoms. The zero-order chi connectivity index (χ0) is 12.6. The van der Waals surface area contributed by atoms with E-state index in [0.717, 1.165) is 38.0 Å². The fraction of sp³-hybridized carbons (Fsp3) is 0.538. The minimum absolute atomic E-state index is 0.144. The van der Waals surface area contributed by atoms with E-state index in [1.807, 2.05) is 12.1 Å². The molecule has 2 fully saturated rings. The van der Waals surface area contributed by atoms with Crippen LogP contribution < -0.4 is 10.6 Å². The third kappa shape index (κ3) is 2.17. The third-order valence-corrected chi connectivity index (χ3v) is 4.75. The normalized spacial score (nSPS) is 24.8. The zero-order valence-corrected chi connectivity index (χ0v) is 11.7. The fourth-order valence-corrected chi connectivity index (χ4v) is 3.24. The molecule has 1 aliphatic heterocycles. The van der Waals surface area contributed by atoms with Gasteiger partial charge in [-0.15, -0.1) is 0 Å². The molecule has 2 heterocycles. The Morgan fingerprint density at radius 3 is 3.00 bits per heavy atom. The summed E-state index contributed by atoms with van der Waals surface area (Å²) in [4.78, 5) is 16.3. The van der Waals surface area contributed by atoms with Crippen LogP contribution in [0.5, 0.6) is 0 Å². The molecule has 96 valence electrons. The first-order chi connectivity index (χ1) is 8.71. The van der Waals surface area contributed by atoms with Crippen molar-refractivity contribution in [3.8, 4) is 0 Å². The van der Waals surface area contributed by atoms with Crippen LogP contribution in [0.15, 0.2) is 22.9 Å². The van der Waals surface area contributed by atoms with Crippen molar-refractivity contribution in [3.63, 3.8) is 0 Å². The van der Waals surface area contributed by atoms with Crippen molar-refractivity contribution in [2.45, 2.75) is 19.3 Å². The number of hydrogen-bond donors (Lipinski definition) is 2. The Labute approximate surface area is 115 Å². The van der Waals surface area contributed by atoms with Crippen molar-refractivity contribution in [2.75, 3.05) is 18.4 Å². The highest BCUT2D eigenvalue weighted by Crippen LogP contribution is 2.58. The summed E-state index contributed by atoms with van der Waals surface area (Å²) in [6.07, 6.45) is 4.99. The maximum Gasteiger partial charge on any atom is 0.228 e. The largest absolute Gasteiger partial charge is 0.324 e. The SMILES string of the molecule is O=C(Nc1cccnc1Br)C1CC12CCNCC2. The number of nitrogens with zero attached hydrogens (tertiary/aromatic N) is 1. The summed E-state index contributed by atoms with van der Waals surface area (Å²) in [6, 6.07) is 3.69. The van der Waals surface area contributed by atoms with E-state index in [0.29, 0.717) is 4.60 Å². The lowest BCUT2D eigenvalue weighted by atomic mass is 9.92. The first kappa shape index (κ1) is 12.1. The Bertz CT molecular complexity index is 471. The van der Waals surface area contributed by atoms with Crippen LogP contribution in [0.4, 0.5) is 5.69 Å². The van der Waals surface area contributed by atoms with Gasteiger partial charge in [-0.05, 0) is 65.8 Å². The van der Waals surface area contributed by atoms with E-state index >= 15 is 0 Å². The molecule has 1 unspecified atom stereocenters. The van der Waals surface area contributed by atoms with Gasteiger partial charge in [0.1, 0.15) is 4.60 Å². The smallest absolute Gasteiger partial charge is 0.228 e. The standard InChI is InChI=1S/C13H16BrN3O/c14-11-10(2-1-5-16-11)17-12(18)9-8-13(9)3-6-15-7-4-13/h1-2,5,9,15H,3-4,6-8H2,(H,17,18). The molecule has 2 aliphatic rings. The monoisotopic (exact) mass is 309 g/mol. The van der Waals surface area contributed by atoms with Gasteiger partial charge in [0.05, 0.1) is 5.69 Å². The molecule has 4 nitrogen and oxygen atoms in total. The lowest BCUT2D eigenvalue weighted by molar-refractivity contribution is -0.118. The van der Waals surface area contributed by atoms with Crippen LogP contribution in [0.1, 0.15) is 19.3 Å². The summed E-state index contributed by atoms with van der Waals surface area (Å²) in [7, 11) is 0. The molecule has 3 rings (SSSR count). The predicted octanol–water partition coefficient (Wildman–Crippen LogP) is 2.17. The molecule has 0 bridgehead atoms. The number of pyridine rings is 1. The summed E-state index contributed by atoms with van der Waals surface area (Å²) in [6.45, 7) is 2.08. The van der Waals surface area contributed by atoms with Crippen LogP contribution in [0, 0.1) is 11.3 Å². The highest BCUT2D eigenvalue weighted by molar-refractivity contribution is 9.10. The van der Waals surface area contributed by atoms with Crippen LogP contribution in [0.25, 0.3) is 0 Å². The molecular formula is C13H16BrN3O. The van der Waals surface area contributed by atoms with Gasteiger partial charge < -0.3 is 10.6 Å². The lowest BCUT2D eigenvalue weighted by Crippen LogP contribution is -2.31. The van der Waals surface area contributed by atoms with Crippen LogP contribution in [-0.2, 0) is 4.79 Å². The minimum Gasteiger partial charge on any atom is -0.324 e. The molecule has 1 saturated heterocycles. The zero-order valence-electron chi connectivity index (χ0n) is 10.1. The summed E-state index contributed by atoms with van der Waals surface area (Å²) in [5, 5.41) is 6.32. The Kier molecular flexibility index (Phi) is 3.11. The minimum atomic E-state index is 0.144. The summed E-state index contributed by atoms with van der Waals surface area (Å²) >= 11 is 3.35. The first-order valence-corrected chi connectivity index (χ1v) is 7.13. The second-order valence-corrected chi connectivity index (χ2v) is 5.95. The Morgan fingerprint density at radius 1 is 1.50 bits per heavy atom. The number of halogens is 1. The number of amides is 1. The van der Waals surface area contributed by atoms with Gasteiger partial charge in [0.15, 0.2) is 0 Å². The highest BCUT2D eigenvalue weighted by Gasteiger charge is 2.57. The van der Waals surface area contributed by atoms with Gasteiger partial charge in [-0.25, -0.2) is 4.98 Å². The van der Waals surface area contributed by atoms with Crippen molar-refractivity contribution < 1.29 is 4.79 Å². The molecule has 1 saturated carbocycles. The fourth-order valence-electron chi connectivity index (χ4n) is 2.89. The molecule has 0 aromatic carbocycles. The van der Waals surface area contributed by atoms with E-state index in [4.69, 9.17) is 0 Å². The van der Waals surface area contributed by atoms with Crippen LogP contribution in [0.3, 0.4) is 0 Å². The van der Waals surface area contributed by atoms with E-state index in [9.17, 15) is 4.79 Å². The van der Waals surface area contributed by atoms with Gasteiger partial charge in [-0.3, -0.25) is 4.79 Å². The molecule has 1 aromatic heterocycles. The number of piperidine rings is 1. The maximum atomic E-state index is 12.2. The molecule has 1 aromatic rings. The van der Waals surface area contributed by atoms with Gasteiger partial charge in [-0.1, -0.05) is 0 Å². The van der Waals surface area contributed by atoms with E-state index < -0.39 is 0 Å². The van der Waals surface area contributed by atoms with Crippen LogP contribution >= 0.6 is 15.9 Å². The highest BCUT2D eigenvalue weighted by atomic mass is 79.9. The Morgan fingerprint density at radius 2 is 2.28 bits per heavy atom. The van der Waals surface area contributed by atoms with Gasteiger partial charge in [0, 0.05) is 12.1 Å². The molecule has 0 radical (unpaired) electrons. The van der Waals surface area contributed by atoms with E-state index in [1.54, 1.807) is 6.20 Å².